The van der Waals surface area contributed by atoms with Crippen LogP contribution >= 0.6 is 11.8 Å². The minimum Gasteiger partial charge on any atom is -0.375 e. The molecule has 3 aliphatic rings. The van der Waals surface area contributed by atoms with Gasteiger partial charge in [-0.05, 0) is 49.6 Å². The molecule has 2 heterocycles. The molecule has 24 heavy (non-hydrogen) atoms. The zero-order chi connectivity index (χ0) is 16.5. The van der Waals surface area contributed by atoms with E-state index in [1.54, 1.807) is 11.8 Å². The van der Waals surface area contributed by atoms with Crippen molar-refractivity contribution in [2.75, 3.05) is 31.3 Å². The zero-order valence-corrected chi connectivity index (χ0v) is 14.8. The van der Waals surface area contributed by atoms with E-state index in [0.29, 0.717) is 12.1 Å². The quantitative estimate of drug-likeness (QED) is 0.823. The van der Waals surface area contributed by atoms with Crippen LogP contribution in [0.4, 0.5) is 10.5 Å². The van der Waals surface area contributed by atoms with Gasteiger partial charge in [0.05, 0.1) is 12.7 Å². The van der Waals surface area contributed by atoms with Crippen molar-refractivity contribution in [2.24, 2.45) is 5.92 Å². The van der Waals surface area contributed by atoms with Crippen LogP contribution in [0.5, 0.6) is 0 Å². The monoisotopic (exact) mass is 347 g/mol. The molecule has 0 aromatic heterocycles. The standard InChI is InChI=1S/C18H25N3O2S/c1-24-16-4-2-3-13(8-16)19-18(22)20-14-7-15-11-23-17(12-5-6-12)10-21(15)9-14/h2-4,8,12,14-15,17H,5-7,9-11H2,1H3,(H2,19,20,22)/t14-,15-,17-/m0/s1. The zero-order valence-electron chi connectivity index (χ0n) is 14.0. The Morgan fingerprint density at radius 3 is 3.00 bits per heavy atom. The van der Waals surface area contributed by atoms with Crippen LogP contribution in [0.2, 0.25) is 0 Å². The Morgan fingerprint density at radius 2 is 2.21 bits per heavy atom. The number of thioether (sulfide) groups is 1. The minimum atomic E-state index is -0.113. The average Bonchev–Trinajstić information content (AvgIpc) is 3.35. The number of fused-ring (bicyclic) bond motifs is 1. The van der Waals surface area contributed by atoms with E-state index in [1.165, 1.54) is 12.8 Å². The molecular formula is C18H25N3O2S. The van der Waals surface area contributed by atoms with E-state index in [1.807, 2.05) is 30.5 Å². The van der Waals surface area contributed by atoms with Crippen molar-refractivity contribution in [3.63, 3.8) is 0 Å². The Kier molecular flexibility index (Phi) is 4.70. The van der Waals surface area contributed by atoms with E-state index in [4.69, 9.17) is 4.74 Å². The topological polar surface area (TPSA) is 53.6 Å². The second kappa shape index (κ2) is 6.94. The van der Waals surface area contributed by atoms with E-state index in [-0.39, 0.29) is 12.1 Å². The summed E-state index contributed by atoms with van der Waals surface area (Å²) >= 11 is 1.67. The summed E-state index contributed by atoms with van der Waals surface area (Å²) in [6, 6.07) is 8.48. The Hall–Kier alpha value is -1.24. The lowest BCUT2D eigenvalue weighted by atomic mass is 10.1. The van der Waals surface area contributed by atoms with Gasteiger partial charge in [0.1, 0.15) is 0 Å². The highest BCUT2D eigenvalue weighted by Crippen LogP contribution is 2.37. The van der Waals surface area contributed by atoms with Gasteiger partial charge in [-0.1, -0.05) is 6.07 Å². The molecule has 0 bridgehead atoms. The van der Waals surface area contributed by atoms with Gasteiger partial charge in [-0.2, -0.15) is 0 Å². The first-order valence-corrected chi connectivity index (χ1v) is 10.0. The van der Waals surface area contributed by atoms with Crippen molar-refractivity contribution in [3.05, 3.63) is 24.3 Å². The maximum absolute atomic E-state index is 12.3. The molecule has 0 unspecified atom stereocenters. The second-order valence-electron chi connectivity index (χ2n) is 7.08. The molecule has 1 saturated carbocycles. The summed E-state index contributed by atoms with van der Waals surface area (Å²) in [7, 11) is 0. The van der Waals surface area contributed by atoms with E-state index in [9.17, 15) is 4.79 Å². The van der Waals surface area contributed by atoms with Gasteiger partial charge in [0, 0.05) is 35.8 Å². The summed E-state index contributed by atoms with van der Waals surface area (Å²) in [6.07, 6.45) is 6.08. The highest BCUT2D eigenvalue weighted by molar-refractivity contribution is 7.98. The van der Waals surface area contributed by atoms with Crippen molar-refractivity contribution < 1.29 is 9.53 Å². The summed E-state index contributed by atoms with van der Waals surface area (Å²) in [5.41, 5.74) is 0.840. The van der Waals surface area contributed by atoms with Crippen molar-refractivity contribution in [1.82, 2.24) is 10.2 Å². The lowest BCUT2D eigenvalue weighted by Gasteiger charge is -2.35. The van der Waals surface area contributed by atoms with Crippen LogP contribution in [-0.2, 0) is 4.74 Å². The number of hydrogen-bond acceptors (Lipinski definition) is 4. The van der Waals surface area contributed by atoms with Gasteiger partial charge in [0.15, 0.2) is 0 Å². The highest BCUT2D eigenvalue weighted by Gasteiger charge is 2.42. The normalized spacial score (nSPS) is 30.0. The molecule has 0 spiro atoms. The van der Waals surface area contributed by atoms with Gasteiger partial charge >= 0.3 is 6.03 Å². The number of benzene rings is 1. The van der Waals surface area contributed by atoms with Gasteiger partial charge in [-0.15, -0.1) is 11.8 Å². The molecule has 4 rings (SSSR count). The molecule has 2 aliphatic heterocycles. The number of morpholine rings is 1. The molecule has 1 aromatic rings. The molecule has 2 amide bonds. The molecular weight excluding hydrogens is 322 g/mol. The minimum absolute atomic E-state index is 0.113. The van der Waals surface area contributed by atoms with Gasteiger partial charge in [-0.3, -0.25) is 4.90 Å². The predicted molar refractivity (Wildman–Crippen MR) is 96.6 cm³/mol. The van der Waals surface area contributed by atoms with Crippen molar-refractivity contribution >= 4 is 23.5 Å². The number of nitrogens with one attached hydrogen (secondary N) is 2. The van der Waals surface area contributed by atoms with Crippen molar-refractivity contribution in [1.29, 1.82) is 0 Å². The molecule has 0 radical (unpaired) electrons. The van der Waals surface area contributed by atoms with Crippen LogP contribution in [0, 0.1) is 5.92 Å². The number of anilines is 1. The fourth-order valence-electron chi connectivity index (χ4n) is 3.81. The Labute approximate surface area is 147 Å². The molecule has 3 atom stereocenters. The van der Waals surface area contributed by atoms with Crippen LogP contribution in [0.3, 0.4) is 0 Å². The maximum Gasteiger partial charge on any atom is 0.319 e. The average molecular weight is 347 g/mol. The van der Waals surface area contributed by atoms with Crippen LogP contribution in [0.15, 0.2) is 29.2 Å². The van der Waals surface area contributed by atoms with Gasteiger partial charge in [0.2, 0.25) is 0 Å². The lowest BCUT2D eigenvalue weighted by Crippen LogP contribution is -2.47. The summed E-state index contributed by atoms with van der Waals surface area (Å²) in [4.78, 5) is 15.9. The molecule has 2 N–H and O–H groups in total. The third-order valence-corrected chi connectivity index (χ3v) is 5.98. The van der Waals surface area contributed by atoms with Crippen molar-refractivity contribution in [3.8, 4) is 0 Å². The Bertz CT molecular complexity index is 608. The maximum atomic E-state index is 12.3. The number of amides is 2. The number of nitrogens with zero attached hydrogens (tertiary/aromatic N) is 1. The van der Waals surface area contributed by atoms with E-state index >= 15 is 0 Å². The summed E-state index contributed by atoms with van der Waals surface area (Å²) < 4.78 is 6.02. The summed E-state index contributed by atoms with van der Waals surface area (Å²) in [6.45, 7) is 2.79. The van der Waals surface area contributed by atoms with E-state index in [0.717, 1.165) is 42.6 Å². The van der Waals surface area contributed by atoms with E-state index < -0.39 is 0 Å². The van der Waals surface area contributed by atoms with Crippen LogP contribution in [0.25, 0.3) is 0 Å². The third-order valence-electron chi connectivity index (χ3n) is 5.26. The second-order valence-corrected chi connectivity index (χ2v) is 7.96. The third kappa shape index (κ3) is 3.71. The lowest BCUT2D eigenvalue weighted by molar-refractivity contribution is -0.0581. The number of carbonyl (C=O) groups is 1. The predicted octanol–water partition coefficient (Wildman–Crippen LogP) is 2.78. The number of hydrogen-bond donors (Lipinski definition) is 2. The first-order valence-electron chi connectivity index (χ1n) is 8.78. The number of urea groups is 1. The first kappa shape index (κ1) is 16.2. The number of rotatable bonds is 4. The number of ether oxygens (including phenoxy) is 1. The van der Waals surface area contributed by atoms with Gasteiger partial charge in [-0.25, -0.2) is 4.79 Å². The molecule has 2 saturated heterocycles. The smallest absolute Gasteiger partial charge is 0.319 e. The first-order chi connectivity index (χ1) is 11.7. The number of carbonyl (C=O) groups excluding carboxylic acids is 1. The molecule has 3 fully saturated rings. The molecule has 130 valence electrons. The van der Waals surface area contributed by atoms with E-state index in [2.05, 4.69) is 15.5 Å². The molecule has 6 heteroatoms. The highest BCUT2D eigenvalue weighted by atomic mass is 32.2. The Balaban J connectivity index is 1.28. The van der Waals surface area contributed by atoms with Crippen molar-refractivity contribution in [2.45, 2.75) is 42.3 Å². The molecule has 1 aliphatic carbocycles. The van der Waals surface area contributed by atoms with Crippen LogP contribution in [-0.4, -0.2) is 55.1 Å². The van der Waals surface area contributed by atoms with Gasteiger partial charge in [0.25, 0.3) is 0 Å². The molecule has 1 aromatic carbocycles. The van der Waals surface area contributed by atoms with Crippen LogP contribution < -0.4 is 10.6 Å². The SMILES string of the molecule is CSc1cccc(NC(=O)N[C@H]2C[C@H]3CO[C@H](C4CC4)CN3C2)c1. The fourth-order valence-corrected chi connectivity index (χ4v) is 4.27. The van der Waals surface area contributed by atoms with Gasteiger partial charge < -0.3 is 15.4 Å². The van der Waals surface area contributed by atoms with Crippen LogP contribution in [0.1, 0.15) is 19.3 Å². The largest absolute Gasteiger partial charge is 0.375 e. The fraction of sp³-hybridized carbons (Fsp3) is 0.611. The Morgan fingerprint density at radius 1 is 1.33 bits per heavy atom. The summed E-state index contributed by atoms with van der Waals surface area (Å²) in [5, 5.41) is 6.08. The molecule has 5 nitrogen and oxygen atoms in total. The summed E-state index contributed by atoms with van der Waals surface area (Å²) in [5.74, 6) is 0.782.